The Balaban J connectivity index is 2.58. The predicted octanol–water partition coefficient (Wildman–Crippen LogP) is 1.71. The number of hydrogen-bond donors (Lipinski definition) is 1. The van der Waals surface area contributed by atoms with Gasteiger partial charge in [-0.1, -0.05) is 0 Å². The summed E-state index contributed by atoms with van der Waals surface area (Å²) in [6.07, 6.45) is 1.80. The number of nitrogens with two attached hydrogens (primary N) is 1. The van der Waals surface area contributed by atoms with Crippen LogP contribution in [0.15, 0.2) is 18.2 Å². The van der Waals surface area contributed by atoms with E-state index in [0.29, 0.717) is 13.2 Å². The Morgan fingerprint density at radius 2 is 2.24 bits per heavy atom. The van der Waals surface area contributed by atoms with Gasteiger partial charge >= 0.3 is 0 Å². The van der Waals surface area contributed by atoms with Crippen LogP contribution >= 0.6 is 0 Å². The summed E-state index contributed by atoms with van der Waals surface area (Å²) in [7, 11) is 3.96. The minimum atomic E-state index is -0.325. The van der Waals surface area contributed by atoms with Gasteiger partial charge < -0.3 is 10.5 Å². The van der Waals surface area contributed by atoms with E-state index >= 15 is 0 Å². The lowest BCUT2D eigenvalue weighted by Gasteiger charge is -2.39. The third kappa shape index (κ3) is 2.03. The van der Waals surface area contributed by atoms with Crippen molar-refractivity contribution in [1.29, 1.82) is 0 Å². The fourth-order valence-corrected chi connectivity index (χ4v) is 2.53. The summed E-state index contributed by atoms with van der Waals surface area (Å²) in [5.41, 5.74) is 6.49. The zero-order valence-electron chi connectivity index (χ0n) is 10.4. The largest absolute Gasteiger partial charge is 0.493 e. The highest BCUT2D eigenvalue weighted by molar-refractivity contribution is 5.41. The Labute approximate surface area is 101 Å². The third-order valence-corrected chi connectivity index (χ3v) is 3.63. The second-order valence-corrected chi connectivity index (χ2v) is 4.72. The Bertz CT molecular complexity index is 408. The fraction of sp³-hybridized carbons (Fsp3) is 0.538. The summed E-state index contributed by atoms with van der Waals surface area (Å²) in [6.45, 7) is 1.12. The lowest BCUT2D eigenvalue weighted by Crippen LogP contribution is -2.47. The van der Waals surface area contributed by atoms with E-state index in [9.17, 15) is 4.39 Å². The highest BCUT2D eigenvalue weighted by Crippen LogP contribution is 2.39. The first-order valence-corrected chi connectivity index (χ1v) is 5.90. The molecule has 0 saturated heterocycles. The minimum absolute atomic E-state index is 0.242. The molecule has 0 fully saturated rings. The van der Waals surface area contributed by atoms with E-state index in [0.717, 1.165) is 24.2 Å². The molecule has 4 heteroatoms. The molecule has 0 radical (unpaired) electrons. The summed E-state index contributed by atoms with van der Waals surface area (Å²) in [5.74, 6) is 0.511. The first-order chi connectivity index (χ1) is 8.10. The van der Waals surface area contributed by atoms with Crippen LogP contribution in [0, 0.1) is 5.82 Å². The van der Waals surface area contributed by atoms with Crippen LogP contribution in [0.3, 0.4) is 0 Å². The van der Waals surface area contributed by atoms with E-state index in [1.54, 1.807) is 12.1 Å². The molecule has 1 aliphatic rings. The smallest absolute Gasteiger partial charge is 0.124 e. The molecule has 1 aromatic carbocycles. The molecule has 1 aliphatic heterocycles. The molecular weight excluding hydrogens is 219 g/mol. The Morgan fingerprint density at radius 3 is 2.88 bits per heavy atom. The first kappa shape index (κ1) is 12.3. The molecule has 1 atom stereocenters. The lowest BCUT2D eigenvalue weighted by atomic mass is 9.84. The molecule has 1 aromatic rings. The van der Waals surface area contributed by atoms with Gasteiger partial charge in [0.05, 0.1) is 12.1 Å². The van der Waals surface area contributed by atoms with E-state index in [4.69, 9.17) is 10.5 Å². The van der Waals surface area contributed by atoms with Crippen LogP contribution in [-0.2, 0) is 5.54 Å². The van der Waals surface area contributed by atoms with Gasteiger partial charge in [0, 0.05) is 12.1 Å². The van der Waals surface area contributed by atoms with Crippen LogP contribution in [0.1, 0.15) is 18.4 Å². The average molecular weight is 238 g/mol. The van der Waals surface area contributed by atoms with Crippen molar-refractivity contribution in [1.82, 2.24) is 4.90 Å². The summed E-state index contributed by atoms with van der Waals surface area (Å²) in [5, 5.41) is 0. The van der Waals surface area contributed by atoms with Crippen molar-refractivity contribution in [2.24, 2.45) is 5.73 Å². The average Bonchev–Trinajstić information content (AvgIpc) is 2.48. The van der Waals surface area contributed by atoms with Gasteiger partial charge in [0.15, 0.2) is 0 Å². The van der Waals surface area contributed by atoms with Crippen molar-refractivity contribution in [3.8, 4) is 5.75 Å². The van der Waals surface area contributed by atoms with Crippen molar-refractivity contribution in [3.63, 3.8) is 0 Å². The van der Waals surface area contributed by atoms with Crippen molar-refractivity contribution in [3.05, 3.63) is 29.6 Å². The first-order valence-electron chi connectivity index (χ1n) is 5.90. The standard InChI is InChI=1S/C13H19FN2O/c1-16(2)13(9-15)6-3-7-17-12-5-4-10(14)8-11(12)13/h4-5,8H,3,6-7,9,15H2,1-2H3. The van der Waals surface area contributed by atoms with Crippen molar-refractivity contribution < 1.29 is 9.13 Å². The molecular formula is C13H19FN2O. The van der Waals surface area contributed by atoms with Crippen LogP contribution in [0.25, 0.3) is 0 Å². The number of ether oxygens (including phenoxy) is 1. The quantitative estimate of drug-likeness (QED) is 0.852. The molecule has 2 rings (SSSR count). The highest BCUT2D eigenvalue weighted by atomic mass is 19.1. The normalized spacial score (nSPS) is 24.1. The van der Waals surface area contributed by atoms with Crippen LogP contribution in [0.4, 0.5) is 4.39 Å². The topological polar surface area (TPSA) is 38.5 Å². The molecule has 17 heavy (non-hydrogen) atoms. The minimum Gasteiger partial charge on any atom is -0.493 e. The van der Waals surface area contributed by atoms with Crippen LogP contribution in [0.5, 0.6) is 5.75 Å². The van der Waals surface area contributed by atoms with Crippen LogP contribution < -0.4 is 10.5 Å². The number of fused-ring (bicyclic) bond motifs is 1. The summed E-state index contributed by atoms with van der Waals surface area (Å²) in [4.78, 5) is 2.07. The number of likely N-dealkylation sites (N-methyl/N-ethyl adjacent to an activating group) is 1. The zero-order valence-corrected chi connectivity index (χ0v) is 10.4. The van der Waals surface area contributed by atoms with Gasteiger partial charge in [-0.2, -0.15) is 0 Å². The SMILES string of the molecule is CN(C)C1(CN)CCCOc2ccc(F)cc21. The Kier molecular flexibility index (Phi) is 3.35. The second-order valence-electron chi connectivity index (χ2n) is 4.72. The van der Waals surface area contributed by atoms with E-state index in [2.05, 4.69) is 4.90 Å². The number of halogens is 1. The zero-order chi connectivity index (χ0) is 12.5. The molecule has 0 aliphatic carbocycles. The molecule has 0 saturated carbocycles. The van der Waals surface area contributed by atoms with Crippen LogP contribution in [0.2, 0.25) is 0 Å². The molecule has 2 N–H and O–H groups in total. The molecule has 94 valence electrons. The molecule has 0 bridgehead atoms. The van der Waals surface area contributed by atoms with Gasteiger partial charge in [-0.3, -0.25) is 4.90 Å². The maximum Gasteiger partial charge on any atom is 0.124 e. The molecule has 0 amide bonds. The molecule has 1 unspecified atom stereocenters. The van der Waals surface area contributed by atoms with E-state index in [1.807, 2.05) is 14.1 Å². The van der Waals surface area contributed by atoms with Gasteiger partial charge in [-0.15, -0.1) is 0 Å². The third-order valence-electron chi connectivity index (χ3n) is 3.63. The van der Waals surface area contributed by atoms with Crippen molar-refractivity contribution >= 4 is 0 Å². The van der Waals surface area contributed by atoms with Crippen molar-refractivity contribution in [2.45, 2.75) is 18.4 Å². The number of nitrogens with zero attached hydrogens (tertiary/aromatic N) is 1. The number of benzene rings is 1. The second kappa shape index (κ2) is 4.63. The van der Waals surface area contributed by atoms with Crippen molar-refractivity contribution in [2.75, 3.05) is 27.2 Å². The summed E-state index contributed by atoms with van der Waals surface area (Å²) >= 11 is 0. The fourth-order valence-electron chi connectivity index (χ4n) is 2.53. The maximum absolute atomic E-state index is 13.5. The Morgan fingerprint density at radius 1 is 1.47 bits per heavy atom. The molecule has 0 aromatic heterocycles. The van der Waals surface area contributed by atoms with E-state index in [-0.39, 0.29) is 11.4 Å². The summed E-state index contributed by atoms with van der Waals surface area (Å²) < 4.78 is 19.1. The van der Waals surface area contributed by atoms with Gasteiger partial charge in [0.2, 0.25) is 0 Å². The lowest BCUT2D eigenvalue weighted by molar-refractivity contribution is 0.147. The molecule has 0 spiro atoms. The van der Waals surface area contributed by atoms with Gasteiger partial charge in [0.25, 0.3) is 0 Å². The van der Waals surface area contributed by atoms with Crippen LogP contribution in [-0.4, -0.2) is 32.1 Å². The van der Waals surface area contributed by atoms with Gasteiger partial charge in [-0.05, 0) is 45.1 Å². The van der Waals surface area contributed by atoms with E-state index < -0.39 is 0 Å². The number of hydrogen-bond acceptors (Lipinski definition) is 3. The monoisotopic (exact) mass is 238 g/mol. The van der Waals surface area contributed by atoms with Gasteiger partial charge in [-0.25, -0.2) is 4.39 Å². The maximum atomic E-state index is 13.5. The highest BCUT2D eigenvalue weighted by Gasteiger charge is 2.37. The Hall–Kier alpha value is -1.13. The predicted molar refractivity (Wildman–Crippen MR) is 65.5 cm³/mol. The van der Waals surface area contributed by atoms with Gasteiger partial charge in [0.1, 0.15) is 11.6 Å². The summed E-state index contributed by atoms with van der Waals surface area (Å²) in [6, 6.07) is 4.68. The van der Waals surface area contributed by atoms with E-state index in [1.165, 1.54) is 6.07 Å². The molecule has 1 heterocycles. The number of rotatable bonds is 2. The molecule has 3 nitrogen and oxygen atoms in total.